The average molecular weight is 430 g/mol. The van der Waals surface area contributed by atoms with Crippen molar-refractivity contribution in [2.75, 3.05) is 18.1 Å². The number of hydrogen-bond donors (Lipinski definition) is 4. The van der Waals surface area contributed by atoms with E-state index in [-0.39, 0.29) is 28.0 Å². The first-order valence-electron chi connectivity index (χ1n) is 7.91. The molecule has 0 aliphatic carbocycles. The van der Waals surface area contributed by atoms with Crippen LogP contribution in [0, 0.1) is 5.82 Å². The van der Waals surface area contributed by atoms with E-state index in [1.807, 2.05) is 0 Å². The maximum absolute atomic E-state index is 14.7. The lowest BCUT2D eigenvalue weighted by atomic mass is 9.98. The summed E-state index contributed by atoms with van der Waals surface area (Å²) in [5.74, 6) is -1.37. The number of nitrogens with two attached hydrogens (primary N) is 1. The lowest BCUT2D eigenvalue weighted by Crippen LogP contribution is -2.18. The summed E-state index contributed by atoms with van der Waals surface area (Å²) in [5.41, 5.74) is 2.98. The van der Waals surface area contributed by atoms with Crippen molar-refractivity contribution >= 4 is 27.6 Å². The molecule has 0 radical (unpaired) electrons. The number of alkyl halides is 3. The molecule has 0 saturated heterocycles. The minimum absolute atomic E-state index is 0.0654. The van der Waals surface area contributed by atoms with Gasteiger partial charge in [0.2, 0.25) is 21.9 Å². The van der Waals surface area contributed by atoms with Crippen LogP contribution in [0.5, 0.6) is 0 Å². The van der Waals surface area contributed by atoms with Crippen LogP contribution in [0.2, 0.25) is 0 Å². The molecule has 0 aliphatic heterocycles. The van der Waals surface area contributed by atoms with Crippen molar-refractivity contribution in [3.05, 3.63) is 47.8 Å². The number of anilines is 3. The summed E-state index contributed by atoms with van der Waals surface area (Å²) in [4.78, 5) is 3.51. The molecular weight excluding hydrogens is 416 g/mol. The molecule has 8 nitrogen and oxygen atoms in total. The van der Waals surface area contributed by atoms with E-state index in [4.69, 9.17) is 5.73 Å². The summed E-state index contributed by atoms with van der Waals surface area (Å²) in [5, 5.41) is 8.31. The summed E-state index contributed by atoms with van der Waals surface area (Å²) in [6.07, 6.45) is -4.88. The number of aromatic amines is 1. The number of sulfonamides is 1. The second-order valence-corrected chi connectivity index (χ2v) is 7.66. The van der Waals surface area contributed by atoms with Crippen LogP contribution in [-0.4, -0.2) is 30.6 Å². The molecule has 2 aromatic carbocycles. The van der Waals surface area contributed by atoms with Gasteiger partial charge in [0, 0.05) is 11.3 Å². The second-order valence-electron chi connectivity index (χ2n) is 5.78. The summed E-state index contributed by atoms with van der Waals surface area (Å²) in [6.45, 7) is 0. The van der Waals surface area contributed by atoms with Gasteiger partial charge in [-0.1, -0.05) is 12.1 Å². The molecule has 0 unspecified atom stereocenters. The third-order valence-electron chi connectivity index (χ3n) is 3.88. The molecule has 1 heterocycles. The fourth-order valence-electron chi connectivity index (χ4n) is 2.58. The minimum Gasteiger partial charge on any atom is -0.366 e. The molecule has 0 fully saturated rings. The SMILES string of the molecule is CNS(=O)(=O)c1ccc(-c2c(F)cc(Nc3nc(N)n[nH]3)cc2C(F)(F)F)cc1. The first-order valence-corrected chi connectivity index (χ1v) is 9.39. The first-order chi connectivity index (χ1) is 13.5. The Hall–Kier alpha value is -3.19. The normalized spacial score (nSPS) is 12.2. The van der Waals surface area contributed by atoms with E-state index in [1.54, 1.807) is 0 Å². The van der Waals surface area contributed by atoms with E-state index >= 15 is 0 Å². The maximum atomic E-state index is 14.7. The molecule has 0 bridgehead atoms. The molecule has 13 heteroatoms. The van der Waals surface area contributed by atoms with Gasteiger partial charge in [-0.15, -0.1) is 5.10 Å². The molecule has 154 valence electrons. The van der Waals surface area contributed by atoms with Crippen molar-refractivity contribution in [1.82, 2.24) is 19.9 Å². The van der Waals surface area contributed by atoms with Crippen molar-refractivity contribution in [1.29, 1.82) is 0 Å². The van der Waals surface area contributed by atoms with Gasteiger partial charge in [-0.05, 0) is 36.9 Å². The fraction of sp³-hybridized carbons (Fsp3) is 0.125. The smallest absolute Gasteiger partial charge is 0.366 e. The number of rotatable bonds is 5. The largest absolute Gasteiger partial charge is 0.417 e. The third kappa shape index (κ3) is 4.30. The van der Waals surface area contributed by atoms with E-state index < -0.39 is 33.1 Å². The Balaban J connectivity index is 2.08. The van der Waals surface area contributed by atoms with Crippen LogP contribution in [0.4, 0.5) is 35.1 Å². The van der Waals surface area contributed by atoms with Crippen LogP contribution in [0.25, 0.3) is 11.1 Å². The van der Waals surface area contributed by atoms with Gasteiger partial charge in [0.05, 0.1) is 10.5 Å². The van der Waals surface area contributed by atoms with Gasteiger partial charge >= 0.3 is 6.18 Å². The van der Waals surface area contributed by atoms with Gasteiger partial charge < -0.3 is 11.1 Å². The molecule has 29 heavy (non-hydrogen) atoms. The predicted octanol–water partition coefficient (Wildman–Crippen LogP) is 2.86. The van der Waals surface area contributed by atoms with Crippen LogP contribution >= 0.6 is 0 Å². The number of aromatic nitrogens is 3. The number of H-pyrrole nitrogens is 1. The summed E-state index contributed by atoms with van der Waals surface area (Å²) >= 11 is 0. The van der Waals surface area contributed by atoms with Crippen LogP contribution in [0.3, 0.4) is 0 Å². The van der Waals surface area contributed by atoms with E-state index in [0.717, 1.165) is 30.3 Å². The van der Waals surface area contributed by atoms with Crippen LogP contribution < -0.4 is 15.8 Å². The van der Waals surface area contributed by atoms with Gasteiger partial charge in [0.15, 0.2) is 0 Å². The first kappa shape index (κ1) is 20.5. The van der Waals surface area contributed by atoms with Crippen molar-refractivity contribution in [2.45, 2.75) is 11.1 Å². The number of halogens is 4. The molecular formula is C16H14F4N6O2S. The molecule has 0 saturated carbocycles. The minimum atomic E-state index is -4.88. The van der Waals surface area contributed by atoms with Gasteiger partial charge in [0.1, 0.15) is 5.82 Å². The van der Waals surface area contributed by atoms with Gasteiger partial charge in [-0.3, -0.25) is 0 Å². The highest BCUT2D eigenvalue weighted by atomic mass is 32.2. The predicted molar refractivity (Wildman–Crippen MR) is 97.2 cm³/mol. The molecule has 3 rings (SSSR count). The zero-order chi connectivity index (χ0) is 21.4. The van der Waals surface area contributed by atoms with Crippen molar-refractivity contribution in [3.8, 4) is 11.1 Å². The number of hydrogen-bond acceptors (Lipinski definition) is 6. The molecule has 0 amide bonds. The van der Waals surface area contributed by atoms with Crippen molar-refractivity contribution in [2.24, 2.45) is 0 Å². The number of benzene rings is 2. The van der Waals surface area contributed by atoms with Gasteiger partial charge in [-0.2, -0.15) is 18.2 Å². The quantitative estimate of drug-likeness (QED) is 0.461. The van der Waals surface area contributed by atoms with Gasteiger partial charge in [-0.25, -0.2) is 22.6 Å². The zero-order valence-electron chi connectivity index (χ0n) is 14.7. The summed E-state index contributed by atoms with van der Waals surface area (Å²) in [6, 6.07) is 5.93. The highest BCUT2D eigenvalue weighted by Crippen LogP contribution is 2.40. The Kier molecular flexibility index (Phi) is 5.19. The average Bonchev–Trinajstić information content (AvgIpc) is 3.05. The van der Waals surface area contributed by atoms with Crippen molar-refractivity contribution in [3.63, 3.8) is 0 Å². The topological polar surface area (TPSA) is 126 Å². The monoisotopic (exact) mass is 430 g/mol. The zero-order valence-corrected chi connectivity index (χ0v) is 15.5. The Bertz CT molecular complexity index is 1140. The lowest BCUT2D eigenvalue weighted by molar-refractivity contribution is -0.137. The molecule has 1 aromatic heterocycles. The fourth-order valence-corrected chi connectivity index (χ4v) is 3.31. The number of nitrogens with zero attached hydrogens (tertiary/aromatic N) is 2. The summed E-state index contributed by atoms with van der Waals surface area (Å²) < 4.78 is 81.1. The molecule has 0 aliphatic rings. The Morgan fingerprint density at radius 1 is 1.14 bits per heavy atom. The second kappa shape index (κ2) is 7.33. The molecule has 0 spiro atoms. The van der Waals surface area contributed by atoms with E-state index in [0.29, 0.717) is 6.07 Å². The van der Waals surface area contributed by atoms with E-state index in [1.165, 1.54) is 7.05 Å². The summed E-state index contributed by atoms with van der Waals surface area (Å²) in [7, 11) is -2.59. The van der Waals surface area contributed by atoms with Crippen molar-refractivity contribution < 1.29 is 26.0 Å². The van der Waals surface area contributed by atoms with Crippen LogP contribution in [-0.2, 0) is 16.2 Å². The number of nitrogen functional groups attached to an aromatic ring is 1. The standard InChI is InChI=1S/C16H14F4N6O2S/c1-22-29(27,28)10-4-2-8(3-5-10)13-11(16(18,19)20)6-9(7-12(13)17)23-15-24-14(21)25-26-15/h2-7,22H,1H3,(H4,21,23,24,25,26). The highest BCUT2D eigenvalue weighted by Gasteiger charge is 2.36. The van der Waals surface area contributed by atoms with E-state index in [2.05, 4.69) is 25.2 Å². The van der Waals surface area contributed by atoms with Crippen LogP contribution in [0.15, 0.2) is 41.3 Å². The van der Waals surface area contributed by atoms with E-state index in [9.17, 15) is 26.0 Å². The Labute approximate surface area is 162 Å². The highest BCUT2D eigenvalue weighted by molar-refractivity contribution is 7.89. The maximum Gasteiger partial charge on any atom is 0.417 e. The van der Waals surface area contributed by atoms with Crippen LogP contribution in [0.1, 0.15) is 5.56 Å². The Morgan fingerprint density at radius 3 is 2.31 bits per heavy atom. The molecule has 0 atom stereocenters. The lowest BCUT2D eigenvalue weighted by Gasteiger charge is -2.16. The Morgan fingerprint density at radius 2 is 1.79 bits per heavy atom. The molecule has 5 N–H and O–H groups in total. The number of nitrogens with one attached hydrogen (secondary N) is 3. The van der Waals surface area contributed by atoms with Gasteiger partial charge in [0.25, 0.3) is 0 Å². The molecule has 3 aromatic rings. The third-order valence-corrected chi connectivity index (χ3v) is 5.31.